The molecule has 1 atom stereocenters. The molecule has 0 saturated carbocycles. The van der Waals surface area contributed by atoms with Gasteiger partial charge < -0.3 is 4.74 Å². The highest BCUT2D eigenvalue weighted by Gasteiger charge is 1.98. The molecule has 1 unspecified atom stereocenters. The van der Waals surface area contributed by atoms with Crippen LogP contribution in [0, 0.1) is 0 Å². The van der Waals surface area contributed by atoms with Crippen LogP contribution >= 0.6 is 0 Å². The zero-order valence-corrected chi connectivity index (χ0v) is 10.9. The van der Waals surface area contributed by atoms with Gasteiger partial charge in [-0.15, -0.1) is 0 Å². The predicted molar refractivity (Wildman–Crippen MR) is 68.3 cm³/mol. The molecule has 0 radical (unpaired) electrons. The lowest BCUT2D eigenvalue weighted by molar-refractivity contribution is -0.142. The Morgan fingerprint density at radius 3 is 2.56 bits per heavy atom. The summed E-state index contributed by atoms with van der Waals surface area (Å²) in [6.07, 6.45) is 5.88. The van der Waals surface area contributed by atoms with E-state index in [1.807, 2.05) is 13.0 Å². The summed E-state index contributed by atoms with van der Waals surface area (Å²) in [5.74, 6) is -0.430. The molecule has 2 nitrogen and oxygen atoms in total. The Kier molecular flexibility index (Phi) is 7.48. The second-order valence-corrected chi connectivity index (χ2v) is 4.11. The molecule has 0 aromatic rings. The van der Waals surface area contributed by atoms with Gasteiger partial charge in [0.15, 0.2) is 0 Å². The first kappa shape index (κ1) is 13.0. The molecule has 0 aliphatic rings. The third kappa shape index (κ3) is 9.50. The first-order chi connectivity index (χ1) is 7.97. The topological polar surface area (TPSA) is 26.3 Å². The van der Waals surface area contributed by atoms with Gasteiger partial charge in [-0.25, -0.2) is 0 Å². The van der Waals surface area contributed by atoms with Crippen molar-refractivity contribution in [2.75, 3.05) is 6.61 Å². The number of esters is 1. The van der Waals surface area contributed by atoms with Crippen LogP contribution in [-0.4, -0.2) is 12.6 Å². The van der Waals surface area contributed by atoms with Gasteiger partial charge in [-0.1, -0.05) is 24.1 Å². The fourth-order valence-electron chi connectivity index (χ4n) is 1.18. The van der Waals surface area contributed by atoms with Crippen LogP contribution in [-0.2, 0) is 9.53 Å². The Balaban J connectivity index is 3.84. The summed E-state index contributed by atoms with van der Waals surface area (Å²) in [6, 6.07) is 0. The van der Waals surface area contributed by atoms with Crippen LogP contribution in [0.2, 0.25) is 0 Å². The van der Waals surface area contributed by atoms with Crippen molar-refractivity contribution in [3.05, 3.63) is 23.3 Å². The first-order valence-electron chi connectivity index (χ1n) is 6.43. The molecule has 16 heavy (non-hydrogen) atoms. The fourth-order valence-corrected chi connectivity index (χ4v) is 1.18. The van der Waals surface area contributed by atoms with Crippen molar-refractivity contribution >= 4 is 5.97 Å². The average Bonchev–Trinajstić information content (AvgIpc) is 2.27. The quantitative estimate of drug-likeness (QED) is 0.483. The van der Waals surface area contributed by atoms with Gasteiger partial charge in [0.25, 0.3) is 0 Å². The Labute approximate surface area is 101 Å². The van der Waals surface area contributed by atoms with Crippen molar-refractivity contribution in [3.8, 4) is 0 Å². The van der Waals surface area contributed by atoms with Crippen LogP contribution in [0.1, 0.15) is 54.7 Å². The predicted octanol–water partition coefficient (Wildman–Crippen LogP) is 4.02. The molecule has 0 spiro atoms. The minimum Gasteiger partial charge on any atom is -0.461 e. The summed E-state index contributed by atoms with van der Waals surface area (Å²) in [4.78, 5) is 11.2. The molecule has 0 amide bonds. The van der Waals surface area contributed by atoms with Gasteiger partial charge >= 0.3 is 5.97 Å². The molecular formula is C14H24O2. The zero-order chi connectivity index (χ0) is 13.3. The molecular weight excluding hydrogens is 200 g/mol. The van der Waals surface area contributed by atoms with E-state index in [9.17, 15) is 4.79 Å². The second kappa shape index (κ2) is 9.20. The maximum Gasteiger partial charge on any atom is 0.306 e. The van der Waals surface area contributed by atoms with Crippen LogP contribution in [0.25, 0.3) is 0 Å². The molecule has 2 heteroatoms. The number of carbonyl (C=O) groups is 1. The Bertz CT molecular complexity index is 289. The van der Waals surface area contributed by atoms with Crippen molar-refractivity contribution in [1.29, 1.82) is 0 Å². The van der Waals surface area contributed by atoms with E-state index in [0.29, 0.717) is 6.42 Å². The molecule has 0 aliphatic carbocycles. The number of ether oxygens (including phenoxy) is 1. The van der Waals surface area contributed by atoms with Crippen LogP contribution < -0.4 is 0 Å². The van der Waals surface area contributed by atoms with Crippen LogP contribution in [0.4, 0.5) is 0 Å². The Hall–Kier alpha value is -1.05. The average molecular weight is 225 g/mol. The number of rotatable bonds is 7. The molecule has 0 bridgehead atoms. The van der Waals surface area contributed by atoms with Gasteiger partial charge in [-0.2, -0.15) is 0 Å². The van der Waals surface area contributed by atoms with Crippen molar-refractivity contribution < 1.29 is 10.9 Å². The largest absolute Gasteiger partial charge is 0.461 e. The third-order valence-electron chi connectivity index (χ3n) is 2.12. The zero-order valence-electron chi connectivity index (χ0n) is 11.9. The standard InChI is InChI=1S/C14H24O2/c1-5-7-14(15)16-11-10-13(4)9-6-8-12(2)3/h8,10H,5-7,9,11H2,1-4H3/b13-10+/i7D. The highest BCUT2D eigenvalue weighted by molar-refractivity contribution is 5.69. The maximum atomic E-state index is 11.2. The van der Waals surface area contributed by atoms with E-state index in [1.54, 1.807) is 6.92 Å². The highest BCUT2D eigenvalue weighted by Crippen LogP contribution is 2.06. The van der Waals surface area contributed by atoms with Crippen molar-refractivity contribution in [2.24, 2.45) is 0 Å². The molecule has 0 aromatic heterocycles. The summed E-state index contributed by atoms with van der Waals surface area (Å²) >= 11 is 0. The minimum absolute atomic E-state index is 0.287. The number of hydrogen-bond acceptors (Lipinski definition) is 2. The van der Waals surface area contributed by atoms with Gasteiger partial charge in [-0.05, 0) is 46.1 Å². The molecule has 0 rings (SSSR count). The summed E-state index contributed by atoms with van der Waals surface area (Å²) < 4.78 is 12.3. The Morgan fingerprint density at radius 2 is 2.00 bits per heavy atom. The maximum absolute atomic E-state index is 11.2. The van der Waals surface area contributed by atoms with Crippen LogP contribution in [0.3, 0.4) is 0 Å². The number of allylic oxidation sites excluding steroid dienone is 3. The van der Waals surface area contributed by atoms with Crippen molar-refractivity contribution in [2.45, 2.75) is 53.4 Å². The summed E-state index contributed by atoms with van der Waals surface area (Å²) in [6.45, 7) is 8.29. The lowest BCUT2D eigenvalue weighted by atomic mass is 10.1. The molecule has 0 fully saturated rings. The van der Waals surface area contributed by atoms with E-state index in [0.717, 1.165) is 12.8 Å². The lowest BCUT2D eigenvalue weighted by Gasteiger charge is -2.02. The molecule has 0 aliphatic heterocycles. The summed E-state index contributed by atoms with van der Waals surface area (Å²) in [5, 5.41) is 0. The smallest absolute Gasteiger partial charge is 0.306 e. The van der Waals surface area contributed by atoms with E-state index < -0.39 is 12.4 Å². The molecule has 0 saturated heterocycles. The van der Waals surface area contributed by atoms with Gasteiger partial charge in [0.05, 0.1) is 0 Å². The fraction of sp³-hybridized carbons (Fsp3) is 0.643. The summed E-state index contributed by atoms with van der Waals surface area (Å²) in [7, 11) is 0. The van der Waals surface area contributed by atoms with Crippen molar-refractivity contribution in [3.63, 3.8) is 0 Å². The first-order valence-corrected chi connectivity index (χ1v) is 5.85. The molecule has 0 heterocycles. The van der Waals surface area contributed by atoms with E-state index >= 15 is 0 Å². The van der Waals surface area contributed by atoms with E-state index in [4.69, 9.17) is 6.11 Å². The third-order valence-corrected chi connectivity index (χ3v) is 2.12. The molecule has 92 valence electrons. The van der Waals surface area contributed by atoms with E-state index in [1.165, 1.54) is 11.1 Å². The van der Waals surface area contributed by atoms with Gasteiger partial charge in [-0.3, -0.25) is 4.79 Å². The SMILES string of the molecule is [2H]C(CC)C(=O)OC/C=C(\C)CCC=C(C)C. The second-order valence-electron chi connectivity index (χ2n) is 4.11. The lowest BCUT2D eigenvalue weighted by Crippen LogP contribution is -2.03. The van der Waals surface area contributed by atoms with Crippen molar-refractivity contribution in [1.82, 2.24) is 0 Å². The van der Waals surface area contributed by atoms with E-state index in [-0.39, 0.29) is 6.61 Å². The molecule has 0 aromatic carbocycles. The number of carbonyl (C=O) groups excluding carboxylic acids is 1. The normalized spacial score (nSPS) is 14.0. The summed E-state index contributed by atoms with van der Waals surface area (Å²) in [5.41, 5.74) is 2.54. The van der Waals surface area contributed by atoms with Gasteiger partial charge in [0.2, 0.25) is 0 Å². The monoisotopic (exact) mass is 225 g/mol. The van der Waals surface area contributed by atoms with Gasteiger partial charge in [0, 0.05) is 7.77 Å². The van der Waals surface area contributed by atoms with E-state index in [2.05, 4.69) is 19.9 Å². The molecule has 0 N–H and O–H groups in total. The number of hydrogen-bond donors (Lipinski definition) is 0. The van der Waals surface area contributed by atoms with Crippen LogP contribution in [0.5, 0.6) is 0 Å². The van der Waals surface area contributed by atoms with Gasteiger partial charge in [0.1, 0.15) is 6.61 Å². The minimum atomic E-state index is -0.741. The Morgan fingerprint density at radius 1 is 1.31 bits per heavy atom. The van der Waals surface area contributed by atoms with Crippen LogP contribution in [0.15, 0.2) is 23.3 Å². The highest BCUT2D eigenvalue weighted by atomic mass is 16.5.